The van der Waals surface area contributed by atoms with Crippen LogP contribution in [0.2, 0.25) is 5.02 Å². The van der Waals surface area contributed by atoms with Crippen LogP contribution in [0.5, 0.6) is 0 Å². The zero-order valence-electron chi connectivity index (χ0n) is 13.3. The lowest BCUT2D eigenvalue weighted by atomic mass is 9.82. The molecule has 0 radical (unpaired) electrons. The van der Waals surface area contributed by atoms with Crippen molar-refractivity contribution in [2.45, 2.75) is 37.1 Å². The second-order valence-electron chi connectivity index (χ2n) is 6.64. The van der Waals surface area contributed by atoms with Gasteiger partial charge in [-0.25, -0.2) is 0 Å². The Morgan fingerprint density at radius 3 is 2.62 bits per heavy atom. The molecule has 0 spiro atoms. The summed E-state index contributed by atoms with van der Waals surface area (Å²) >= 11 is 6.01. The predicted octanol–water partition coefficient (Wildman–Crippen LogP) is 3.38. The first-order chi connectivity index (χ1) is 11.7. The van der Waals surface area contributed by atoms with E-state index >= 15 is 0 Å². The topological polar surface area (TPSA) is 67.0 Å². The molecule has 0 unspecified atom stereocenters. The average molecular weight is 346 g/mol. The maximum absolute atomic E-state index is 12.8. The third-order valence-electron chi connectivity index (χ3n) is 4.94. The van der Waals surface area contributed by atoms with Crippen molar-refractivity contribution in [1.29, 1.82) is 0 Å². The summed E-state index contributed by atoms with van der Waals surface area (Å²) in [6.45, 7) is 1.24. The van der Waals surface area contributed by atoms with Crippen LogP contribution in [0.15, 0.2) is 30.3 Å². The number of H-pyrrole nitrogens is 1. The number of rotatable bonds is 4. The Kier molecular flexibility index (Phi) is 4.06. The van der Waals surface area contributed by atoms with Crippen molar-refractivity contribution in [3.05, 3.63) is 52.3 Å². The van der Waals surface area contributed by atoms with E-state index < -0.39 is 5.54 Å². The van der Waals surface area contributed by atoms with Gasteiger partial charge in [0.05, 0.1) is 5.54 Å². The molecule has 2 N–H and O–H groups in total. The summed E-state index contributed by atoms with van der Waals surface area (Å²) in [4.78, 5) is 12.8. The lowest BCUT2D eigenvalue weighted by Crippen LogP contribution is -2.49. The Bertz CT molecular complexity index is 731. The van der Waals surface area contributed by atoms with E-state index in [-0.39, 0.29) is 5.91 Å². The number of hydrogen-bond acceptors (Lipinski definition) is 3. The van der Waals surface area contributed by atoms with Gasteiger partial charge in [-0.15, -0.1) is 0 Å². The number of nitrogens with one attached hydrogen (secondary N) is 2. The smallest absolute Gasteiger partial charge is 0.272 e. The largest absolute Gasteiger partial charge is 0.381 e. The van der Waals surface area contributed by atoms with E-state index in [1.54, 1.807) is 0 Å². The molecular weight excluding hydrogens is 326 g/mol. The zero-order chi connectivity index (χ0) is 16.6. The average Bonchev–Trinajstić information content (AvgIpc) is 3.33. The summed E-state index contributed by atoms with van der Waals surface area (Å²) < 4.78 is 5.50. The van der Waals surface area contributed by atoms with Gasteiger partial charge in [-0.05, 0) is 49.4 Å². The standard InChI is InChI=1S/C18H20ClN3O2/c19-14-5-3-13(4-6-14)18(7-9-24-10-8-18)20-17(23)16-11-15(21-22-16)12-1-2-12/h3-6,11-12H,1-2,7-10H2,(H,20,23)(H,21,22). The van der Waals surface area contributed by atoms with Gasteiger partial charge >= 0.3 is 0 Å². The Morgan fingerprint density at radius 2 is 1.96 bits per heavy atom. The maximum atomic E-state index is 12.8. The summed E-state index contributed by atoms with van der Waals surface area (Å²) in [5.74, 6) is 0.405. The highest BCUT2D eigenvalue weighted by Crippen LogP contribution is 2.39. The molecule has 4 rings (SSSR count). The highest BCUT2D eigenvalue weighted by Gasteiger charge is 2.37. The number of amides is 1. The van der Waals surface area contributed by atoms with Gasteiger partial charge in [-0.2, -0.15) is 5.10 Å². The SMILES string of the molecule is O=C(NC1(c2ccc(Cl)cc2)CCOCC1)c1cc(C2CC2)[nH]n1. The van der Waals surface area contributed by atoms with Crippen molar-refractivity contribution >= 4 is 17.5 Å². The van der Waals surface area contributed by atoms with E-state index in [0.717, 1.165) is 24.1 Å². The molecule has 0 bridgehead atoms. The normalized spacial score (nSPS) is 19.9. The van der Waals surface area contributed by atoms with Crippen LogP contribution >= 0.6 is 11.6 Å². The molecule has 1 aliphatic heterocycles. The minimum atomic E-state index is -0.432. The lowest BCUT2D eigenvalue weighted by molar-refractivity contribution is 0.0344. The molecule has 24 heavy (non-hydrogen) atoms. The second-order valence-corrected chi connectivity index (χ2v) is 7.07. The highest BCUT2D eigenvalue weighted by atomic mass is 35.5. The molecule has 6 heteroatoms. The predicted molar refractivity (Wildman–Crippen MR) is 91.2 cm³/mol. The van der Waals surface area contributed by atoms with Gasteiger partial charge in [0.2, 0.25) is 0 Å². The number of nitrogens with zero attached hydrogens (tertiary/aromatic N) is 1. The maximum Gasteiger partial charge on any atom is 0.272 e. The van der Waals surface area contributed by atoms with E-state index in [9.17, 15) is 4.79 Å². The molecular formula is C18H20ClN3O2. The van der Waals surface area contributed by atoms with Crippen molar-refractivity contribution in [2.24, 2.45) is 0 Å². The fourth-order valence-corrected chi connectivity index (χ4v) is 3.44. The zero-order valence-corrected chi connectivity index (χ0v) is 14.1. The monoisotopic (exact) mass is 345 g/mol. The van der Waals surface area contributed by atoms with Crippen LogP contribution in [-0.2, 0) is 10.3 Å². The molecule has 1 amide bonds. The first-order valence-corrected chi connectivity index (χ1v) is 8.76. The molecule has 2 fully saturated rings. The number of hydrogen-bond donors (Lipinski definition) is 2. The minimum Gasteiger partial charge on any atom is -0.381 e. The molecule has 126 valence electrons. The first-order valence-electron chi connectivity index (χ1n) is 8.38. The number of aromatic nitrogens is 2. The van der Waals surface area contributed by atoms with E-state index in [1.807, 2.05) is 30.3 Å². The van der Waals surface area contributed by atoms with Crippen LogP contribution in [0.3, 0.4) is 0 Å². The Labute approximate surface area is 145 Å². The quantitative estimate of drug-likeness (QED) is 0.892. The molecule has 2 heterocycles. The molecule has 1 aromatic carbocycles. The van der Waals surface area contributed by atoms with Crippen LogP contribution in [0.4, 0.5) is 0 Å². The van der Waals surface area contributed by atoms with Gasteiger partial charge in [0.15, 0.2) is 0 Å². The number of halogens is 1. The van der Waals surface area contributed by atoms with Crippen LogP contribution in [0.1, 0.15) is 53.3 Å². The van der Waals surface area contributed by atoms with Gasteiger partial charge in [-0.3, -0.25) is 9.89 Å². The fraction of sp³-hybridized carbons (Fsp3) is 0.444. The van der Waals surface area contributed by atoms with Crippen molar-refractivity contribution < 1.29 is 9.53 Å². The minimum absolute atomic E-state index is 0.144. The summed E-state index contributed by atoms with van der Waals surface area (Å²) in [5.41, 5.74) is 2.14. The Balaban J connectivity index is 1.58. The van der Waals surface area contributed by atoms with Gasteiger partial charge in [0, 0.05) is 29.8 Å². The molecule has 0 atom stereocenters. The number of carbonyl (C=O) groups excluding carboxylic acids is 1. The third kappa shape index (κ3) is 3.06. The van der Waals surface area contributed by atoms with Crippen molar-refractivity contribution in [3.8, 4) is 0 Å². The second kappa shape index (κ2) is 6.22. The lowest BCUT2D eigenvalue weighted by Gasteiger charge is -2.38. The van der Waals surface area contributed by atoms with Crippen LogP contribution in [-0.4, -0.2) is 29.3 Å². The molecule has 1 aromatic heterocycles. The van der Waals surface area contributed by atoms with Gasteiger partial charge in [-0.1, -0.05) is 23.7 Å². The third-order valence-corrected chi connectivity index (χ3v) is 5.20. The number of ether oxygens (including phenoxy) is 1. The Hall–Kier alpha value is -1.85. The summed E-state index contributed by atoms with van der Waals surface area (Å²) in [6.07, 6.45) is 3.82. The van der Waals surface area contributed by atoms with Gasteiger partial charge < -0.3 is 10.1 Å². The molecule has 2 aliphatic rings. The van der Waals surface area contributed by atoms with Crippen molar-refractivity contribution in [3.63, 3.8) is 0 Å². The summed E-state index contributed by atoms with van der Waals surface area (Å²) in [6, 6.07) is 9.56. The fourth-order valence-electron chi connectivity index (χ4n) is 3.31. The number of benzene rings is 1. The molecule has 2 aromatic rings. The molecule has 1 saturated carbocycles. The van der Waals surface area contributed by atoms with E-state index in [2.05, 4.69) is 15.5 Å². The van der Waals surface area contributed by atoms with Gasteiger partial charge in [0.1, 0.15) is 5.69 Å². The molecule has 1 saturated heterocycles. The molecule has 5 nitrogen and oxygen atoms in total. The van der Waals surface area contributed by atoms with Gasteiger partial charge in [0.25, 0.3) is 5.91 Å². The molecule has 1 aliphatic carbocycles. The van der Waals surface area contributed by atoms with E-state index in [4.69, 9.17) is 16.3 Å². The van der Waals surface area contributed by atoms with E-state index in [1.165, 1.54) is 12.8 Å². The first kappa shape index (κ1) is 15.7. The van der Waals surface area contributed by atoms with Crippen LogP contribution in [0.25, 0.3) is 0 Å². The van der Waals surface area contributed by atoms with Crippen LogP contribution < -0.4 is 5.32 Å². The summed E-state index contributed by atoms with van der Waals surface area (Å²) in [7, 11) is 0. The summed E-state index contributed by atoms with van der Waals surface area (Å²) in [5, 5.41) is 11.1. The highest BCUT2D eigenvalue weighted by molar-refractivity contribution is 6.30. The van der Waals surface area contributed by atoms with Crippen LogP contribution in [0, 0.1) is 0 Å². The number of carbonyl (C=O) groups is 1. The van der Waals surface area contributed by atoms with Crippen molar-refractivity contribution in [2.75, 3.05) is 13.2 Å². The van der Waals surface area contributed by atoms with E-state index in [0.29, 0.717) is 29.8 Å². The Morgan fingerprint density at radius 1 is 1.25 bits per heavy atom. The number of aromatic amines is 1. The van der Waals surface area contributed by atoms with Crippen molar-refractivity contribution in [1.82, 2.24) is 15.5 Å².